The van der Waals surface area contributed by atoms with Crippen LogP contribution in [0.15, 0.2) is 54.6 Å². The second-order valence-electron chi connectivity index (χ2n) is 7.52. The first-order valence-corrected chi connectivity index (χ1v) is 10.7. The van der Waals surface area contributed by atoms with Crippen LogP contribution in [0.3, 0.4) is 0 Å². The molecule has 0 saturated carbocycles. The smallest absolute Gasteiger partial charge is 0.489 e. The summed E-state index contributed by atoms with van der Waals surface area (Å²) < 4.78 is 72.5. The second kappa shape index (κ2) is 8.35. The first kappa shape index (κ1) is 22.8. The second-order valence-corrected chi connectivity index (χ2v) is 9.19. The van der Waals surface area contributed by atoms with E-state index in [-0.39, 0.29) is 5.56 Å². The van der Waals surface area contributed by atoms with Crippen molar-refractivity contribution < 1.29 is 35.9 Å². The van der Waals surface area contributed by atoms with E-state index in [1.165, 1.54) is 24.6 Å². The number of nitrogens with one attached hydrogen (secondary N) is 1. The molecule has 0 spiro atoms. The molecule has 10 heteroatoms. The maximum Gasteiger partial charge on any atom is 0.511 e. The Kier molecular flexibility index (Phi) is 6.15. The van der Waals surface area contributed by atoms with Crippen LogP contribution in [-0.2, 0) is 14.8 Å². The van der Waals surface area contributed by atoms with Crippen molar-refractivity contribution in [3.63, 3.8) is 0 Å². The summed E-state index contributed by atoms with van der Waals surface area (Å²) in [5.41, 5.74) is -4.48. The van der Waals surface area contributed by atoms with E-state index < -0.39 is 33.6 Å². The van der Waals surface area contributed by atoms with Gasteiger partial charge in [0.25, 0.3) is 0 Å². The highest BCUT2D eigenvalue weighted by molar-refractivity contribution is 7.90. The summed E-state index contributed by atoms with van der Waals surface area (Å²) >= 11 is 0. The highest BCUT2D eigenvalue weighted by atomic mass is 32.2. The van der Waals surface area contributed by atoms with Crippen LogP contribution in [0.25, 0.3) is 5.57 Å². The molecular weight excluding hydrogens is 435 g/mol. The van der Waals surface area contributed by atoms with E-state index in [2.05, 4.69) is 0 Å². The third-order valence-electron chi connectivity index (χ3n) is 4.39. The van der Waals surface area contributed by atoms with Crippen LogP contribution in [-0.4, -0.2) is 38.6 Å². The molecule has 1 heterocycles. The molecule has 2 aromatic rings. The van der Waals surface area contributed by atoms with E-state index in [0.29, 0.717) is 12.4 Å². The molecule has 166 valence electrons. The van der Waals surface area contributed by atoms with Gasteiger partial charge in [0.05, 0.1) is 11.1 Å². The van der Waals surface area contributed by atoms with Crippen LogP contribution in [0.2, 0.25) is 0 Å². The lowest BCUT2D eigenvalue weighted by molar-refractivity contribution is -0.0459. The zero-order chi connectivity index (χ0) is 22.9. The quantitative estimate of drug-likeness (QED) is 0.669. The van der Waals surface area contributed by atoms with Crippen molar-refractivity contribution in [2.45, 2.75) is 24.9 Å². The standard InChI is InChI=1S/C21H20F3NO5S/c1-20(2,25-31(27,28)21(22,23)24)13-30-19(26)15-7-5-6-14(12-15)16-10-11-29-18-9-4-3-8-17(16)18/h3-10,12,25H,11,13H2,1-2H3. The number of sulfonamides is 1. The summed E-state index contributed by atoms with van der Waals surface area (Å²) in [6, 6.07) is 14.0. The van der Waals surface area contributed by atoms with E-state index in [9.17, 15) is 26.4 Å². The van der Waals surface area contributed by atoms with Gasteiger partial charge in [0, 0.05) is 5.56 Å². The number of fused-ring (bicyclic) bond motifs is 1. The van der Waals surface area contributed by atoms with Crippen LogP contribution in [0.1, 0.15) is 35.3 Å². The van der Waals surface area contributed by atoms with E-state index in [0.717, 1.165) is 16.7 Å². The van der Waals surface area contributed by atoms with Gasteiger partial charge in [-0.25, -0.2) is 13.2 Å². The molecule has 0 aliphatic carbocycles. The number of carbonyl (C=O) groups excluding carboxylic acids is 1. The van der Waals surface area contributed by atoms with Gasteiger partial charge in [0.1, 0.15) is 19.0 Å². The summed E-state index contributed by atoms with van der Waals surface area (Å²) in [7, 11) is -5.58. The van der Waals surface area contributed by atoms with E-state index in [4.69, 9.17) is 9.47 Å². The minimum atomic E-state index is -5.58. The van der Waals surface area contributed by atoms with Gasteiger partial charge >= 0.3 is 21.5 Å². The molecule has 1 aliphatic rings. The molecule has 0 aromatic heterocycles. The molecule has 31 heavy (non-hydrogen) atoms. The molecule has 6 nitrogen and oxygen atoms in total. The predicted molar refractivity (Wildman–Crippen MR) is 108 cm³/mol. The molecule has 1 aliphatic heterocycles. The maximum absolute atomic E-state index is 12.6. The molecular formula is C21H20F3NO5S. The Morgan fingerprint density at radius 2 is 1.84 bits per heavy atom. The van der Waals surface area contributed by atoms with Gasteiger partial charge < -0.3 is 9.47 Å². The molecule has 0 bridgehead atoms. The number of benzene rings is 2. The monoisotopic (exact) mass is 455 g/mol. The Morgan fingerprint density at radius 3 is 2.55 bits per heavy atom. The number of halogens is 3. The molecule has 0 radical (unpaired) electrons. The van der Waals surface area contributed by atoms with Crippen molar-refractivity contribution in [1.82, 2.24) is 4.72 Å². The summed E-state index contributed by atoms with van der Waals surface area (Å²) in [6.45, 7) is 2.15. The normalized spacial score (nSPS) is 14.3. The fourth-order valence-electron chi connectivity index (χ4n) is 3.01. The Bertz CT molecular complexity index is 1120. The number of hydrogen-bond acceptors (Lipinski definition) is 5. The van der Waals surface area contributed by atoms with Crippen molar-refractivity contribution in [3.05, 3.63) is 71.3 Å². The summed E-state index contributed by atoms with van der Waals surface area (Å²) in [5, 5.41) is 0. The zero-order valence-corrected chi connectivity index (χ0v) is 17.5. The molecule has 0 unspecified atom stereocenters. The predicted octanol–water partition coefficient (Wildman–Crippen LogP) is 3.89. The maximum atomic E-state index is 12.6. The van der Waals surface area contributed by atoms with Gasteiger partial charge in [-0.05, 0) is 49.3 Å². The lowest BCUT2D eigenvalue weighted by atomic mass is 9.94. The average Bonchev–Trinajstić information content (AvgIpc) is 2.70. The Hall–Kier alpha value is -2.85. The van der Waals surface area contributed by atoms with Crippen LogP contribution in [0, 0.1) is 0 Å². The summed E-state index contributed by atoms with van der Waals surface area (Å²) in [4.78, 5) is 12.5. The lowest BCUT2D eigenvalue weighted by Gasteiger charge is -2.26. The lowest BCUT2D eigenvalue weighted by Crippen LogP contribution is -2.51. The van der Waals surface area contributed by atoms with Gasteiger partial charge in [-0.3, -0.25) is 0 Å². The van der Waals surface area contributed by atoms with Crippen LogP contribution >= 0.6 is 0 Å². The molecule has 1 N–H and O–H groups in total. The fourth-order valence-corrected chi connectivity index (χ4v) is 3.91. The van der Waals surface area contributed by atoms with Crippen molar-refractivity contribution in [2.75, 3.05) is 13.2 Å². The number of para-hydroxylation sites is 1. The highest BCUT2D eigenvalue weighted by Gasteiger charge is 2.48. The Morgan fingerprint density at radius 1 is 1.13 bits per heavy atom. The molecule has 3 rings (SSSR count). The Labute approximate surface area is 177 Å². The van der Waals surface area contributed by atoms with Gasteiger partial charge in [-0.2, -0.15) is 17.9 Å². The minimum absolute atomic E-state index is 0.178. The number of hydrogen-bond donors (Lipinski definition) is 1. The van der Waals surface area contributed by atoms with E-state index in [1.807, 2.05) is 36.4 Å². The van der Waals surface area contributed by atoms with Crippen LogP contribution in [0.4, 0.5) is 13.2 Å². The minimum Gasteiger partial charge on any atom is -0.489 e. The largest absolute Gasteiger partial charge is 0.511 e. The van der Waals surface area contributed by atoms with Crippen molar-refractivity contribution in [1.29, 1.82) is 0 Å². The third kappa shape index (κ3) is 5.26. The van der Waals surface area contributed by atoms with Crippen molar-refractivity contribution in [2.24, 2.45) is 0 Å². The highest BCUT2D eigenvalue weighted by Crippen LogP contribution is 2.34. The number of rotatable bonds is 6. The molecule has 0 atom stereocenters. The molecule has 0 amide bonds. The van der Waals surface area contributed by atoms with Crippen LogP contribution in [0.5, 0.6) is 5.75 Å². The first-order valence-electron chi connectivity index (χ1n) is 9.20. The van der Waals surface area contributed by atoms with Gasteiger partial charge in [-0.1, -0.05) is 30.3 Å². The number of alkyl halides is 3. The van der Waals surface area contributed by atoms with E-state index >= 15 is 0 Å². The molecule has 0 fully saturated rings. The SMILES string of the molecule is CC(C)(COC(=O)c1cccc(C2=CCOc3ccccc32)c1)NS(=O)(=O)C(F)(F)F. The van der Waals surface area contributed by atoms with Gasteiger partial charge in [0.2, 0.25) is 0 Å². The summed E-state index contributed by atoms with van der Waals surface area (Å²) in [5.74, 6) is -0.0752. The van der Waals surface area contributed by atoms with Gasteiger partial charge in [0.15, 0.2) is 0 Å². The number of carbonyl (C=O) groups is 1. The first-order chi connectivity index (χ1) is 14.4. The van der Waals surface area contributed by atoms with Gasteiger partial charge in [-0.15, -0.1) is 0 Å². The van der Waals surface area contributed by atoms with Crippen molar-refractivity contribution >= 4 is 21.6 Å². The zero-order valence-electron chi connectivity index (χ0n) is 16.7. The molecule has 2 aromatic carbocycles. The topological polar surface area (TPSA) is 81.7 Å². The summed E-state index contributed by atoms with van der Waals surface area (Å²) in [6.07, 6.45) is 1.88. The third-order valence-corrected chi connectivity index (χ3v) is 5.82. The molecule has 0 saturated heterocycles. The number of esters is 1. The fraction of sp³-hybridized carbons (Fsp3) is 0.286. The Balaban J connectivity index is 1.74. The average molecular weight is 455 g/mol. The van der Waals surface area contributed by atoms with Crippen LogP contribution < -0.4 is 9.46 Å². The van der Waals surface area contributed by atoms with E-state index in [1.54, 1.807) is 12.1 Å². The number of ether oxygens (including phenoxy) is 2. The van der Waals surface area contributed by atoms with Crippen molar-refractivity contribution in [3.8, 4) is 5.75 Å².